The second kappa shape index (κ2) is 14.0. The molecule has 7 N–H and O–H groups in total. The molecule has 3 heterocycles. The number of nitrogens with two attached hydrogens (primary N) is 1. The van der Waals surface area contributed by atoms with Crippen LogP contribution in [0.5, 0.6) is 0 Å². The van der Waals surface area contributed by atoms with E-state index in [4.69, 9.17) is 10.5 Å². The Labute approximate surface area is 274 Å². The molecule has 4 aromatic rings. The summed E-state index contributed by atoms with van der Waals surface area (Å²) >= 11 is 0. The number of amides is 2. The molecule has 0 spiro atoms. The van der Waals surface area contributed by atoms with E-state index < -0.39 is 42.2 Å². The minimum Gasteiger partial charge on any atom is -0.388 e. The second-order valence-corrected chi connectivity index (χ2v) is 12.5. The molecular formula is C33H39F3N8O4. The fourth-order valence-electron chi connectivity index (χ4n) is 6.36. The summed E-state index contributed by atoms with van der Waals surface area (Å²) in [5, 5.41) is 30.9. The highest BCUT2D eigenvalue weighted by Crippen LogP contribution is 2.58. The Hall–Kier alpha value is -4.31. The third-order valence-corrected chi connectivity index (χ3v) is 9.23. The van der Waals surface area contributed by atoms with Crippen molar-refractivity contribution in [2.24, 2.45) is 5.92 Å². The summed E-state index contributed by atoms with van der Waals surface area (Å²) in [6.45, 7) is 1.58. The van der Waals surface area contributed by atoms with Crippen molar-refractivity contribution in [2.75, 3.05) is 24.1 Å². The molecule has 15 heteroatoms. The lowest BCUT2D eigenvalue weighted by Crippen LogP contribution is -2.35. The van der Waals surface area contributed by atoms with Crippen LogP contribution < -0.4 is 21.7 Å². The average Bonchev–Trinajstić information content (AvgIpc) is 3.72. The molecule has 1 saturated carbocycles. The Morgan fingerprint density at radius 1 is 1.06 bits per heavy atom. The number of hydrogen-bond acceptors (Lipinski definition) is 9. The number of imidazole rings is 1. The molecule has 0 radical (unpaired) electrons. The van der Waals surface area contributed by atoms with Gasteiger partial charge in [-0.3, -0.25) is 4.57 Å². The molecular weight excluding hydrogens is 629 g/mol. The van der Waals surface area contributed by atoms with Gasteiger partial charge >= 0.3 is 12.2 Å². The number of benzene rings is 2. The number of aromatic nitrogens is 4. The predicted octanol–water partition coefficient (Wildman–Crippen LogP) is 4.02. The lowest BCUT2D eigenvalue weighted by Gasteiger charge is -2.23. The largest absolute Gasteiger partial charge is 0.398 e. The number of alkyl halides is 3. The molecule has 2 aliphatic rings. The average molecular weight is 669 g/mol. The maximum Gasteiger partial charge on any atom is 0.398 e. The van der Waals surface area contributed by atoms with Crippen molar-refractivity contribution in [1.82, 2.24) is 30.2 Å². The highest BCUT2D eigenvalue weighted by Gasteiger charge is 2.64. The van der Waals surface area contributed by atoms with Crippen LogP contribution in [0, 0.1) is 5.92 Å². The van der Waals surface area contributed by atoms with Gasteiger partial charge in [-0.2, -0.15) is 13.2 Å². The number of anilines is 2. The lowest BCUT2D eigenvalue weighted by atomic mass is 9.93. The molecule has 5 atom stereocenters. The quantitative estimate of drug-likeness (QED) is 0.115. The number of urea groups is 1. The highest BCUT2D eigenvalue weighted by molar-refractivity contribution is 5.89. The number of carbonyl (C=O) groups is 1. The van der Waals surface area contributed by atoms with E-state index in [-0.39, 0.29) is 30.1 Å². The molecule has 2 aromatic heterocycles. The zero-order chi connectivity index (χ0) is 33.9. The third-order valence-electron chi connectivity index (χ3n) is 9.23. The summed E-state index contributed by atoms with van der Waals surface area (Å²) in [6, 6.07) is 15.3. The first kappa shape index (κ1) is 33.6. The Morgan fingerprint density at radius 3 is 2.52 bits per heavy atom. The van der Waals surface area contributed by atoms with E-state index in [1.165, 1.54) is 36.9 Å². The van der Waals surface area contributed by atoms with Crippen molar-refractivity contribution in [2.45, 2.75) is 74.8 Å². The number of nitrogens with zero attached hydrogens (tertiary/aromatic N) is 4. The topological polar surface area (TPSA) is 172 Å². The van der Waals surface area contributed by atoms with E-state index in [2.05, 4.69) is 30.9 Å². The van der Waals surface area contributed by atoms with Gasteiger partial charge in [-0.1, -0.05) is 42.5 Å². The van der Waals surface area contributed by atoms with Crippen LogP contribution >= 0.6 is 0 Å². The van der Waals surface area contributed by atoms with Crippen molar-refractivity contribution in [1.29, 1.82) is 0 Å². The van der Waals surface area contributed by atoms with E-state index in [0.29, 0.717) is 55.7 Å². The van der Waals surface area contributed by atoms with Crippen LogP contribution in [0.1, 0.15) is 49.5 Å². The number of aliphatic hydroxyl groups excluding tert-OH is 2. The molecule has 2 amide bonds. The zero-order valence-corrected chi connectivity index (χ0v) is 26.1. The second-order valence-electron chi connectivity index (χ2n) is 12.5. The van der Waals surface area contributed by atoms with Crippen molar-refractivity contribution < 1.29 is 32.9 Å². The Balaban J connectivity index is 1.03. The summed E-state index contributed by atoms with van der Waals surface area (Å²) < 4.78 is 48.0. The molecule has 2 aromatic carbocycles. The van der Waals surface area contributed by atoms with Gasteiger partial charge in [0.25, 0.3) is 0 Å². The first-order valence-electron chi connectivity index (χ1n) is 16.0. The molecule has 48 heavy (non-hydrogen) atoms. The molecule has 6 rings (SSSR count). The summed E-state index contributed by atoms with van der Waals surface area (Å²) in [5.41, 5.74) is 6.63. The van der Waals surface area contributed by atoms with E-state index in [1.807, 2.05) is 30.3 Å². The van der Waals surface area contributed by atoms with E-state index >= 15 is 0 Å². The lowest BCUT2D eigenvalue weighted by molar-refractivity contribution is -0.160. The third kappa shape index (κ3) is 7.23. The smallest absolute Gasteiger partial charge is 0.388 e. The predicted molar refractivity (Wildman–Crippen MR) is 172 cm³/mol. The highest BCUT2D eigenvalue weighted by atomic mass is 19.4. The van der Waals surface area contributed by atoms with Gasteiger partial charge in [0.05, 0.1) is 17.8 Å². The number of carbonyl (C=O) groups excluding carboxylic acids is 1. The summed E-state index contributed by atoms with van der Waals surface area (Å²) in [6.07, 6.45) is -3.69. The first-order valence-corrected chi connectivity index (χ1v) is 16.0. The minimum absolute atomic E-state index is 0.0117. The standard InChI is InChI=1S/C33H39F3N8O4/c34-33(35,36)32(12-13-32)22-8-10-23(11-9-22)43-31(47)39-14-4-7-21(17-38-16-20-5-2-1-3-6-20)15-24-26(45)27(46)30(48-24)44-19-42-25-28(37)40-18-41-29(25)44/h1-3,5-6,8-11,18-19,21,24,26-27,30,38,45-46H,4,7,12-17H2,(H2,37,40,41)(H2,39,43,47)/t21-,24+,26-,27-,30+/m0/s1. The van der Waals surface area contributed by atoms with Crippen LogP contribution in [0.4, 0.5) is 29.5 Å². The van der Waals surface area contributed by atoms with Crippen LogP contribution in [0.25, 0.3) is 11.2 Å². The van der Waals surface area contributed by atoms with Gasteiger partial charge in [0.1, 0.15) is 24.1 Å². The van der Waals surface area contributed by atoms with Crippen molar-refractivity contribution in [3.05, 3.63) is 78.4 Å². The number of ether oxygens (including phenoxy) is 1. The molecule has 0 bridgehead atoms. The zero-order valence-electron chi connectivity index (χ0n) is 26.1. The van der Waals surface area contributed by atoms with Gasteiger partial charge < -0.3 is 36.6 Å². The summed E-state index contributed by atoms with van der Waals surface area (Å²) in [7, 11) is 0. The first-order chi connectivity index (χ1) is 23.1. The molecule has 1 saturated heterocycles. The monoisotopic (exact) mass is 668 g/mol. The number of hydrogen-bond donors (Lipinski definition) is 6. The van der Waals surface area contributed by atoms with Gasteiger partial charge in [-0.05, 0) is 67.8 Å². The number of halogens is 3. The van der Waals surface area contributed by atoms with Gasteiger partial charge in [0, 0.05) is 18.8 Å². The number of aliphatic hydroxyl groups is 2. The maximum atomic E-state index is 13.4. The van der Waals surface area contributed by atoms with Crippen LogP contribution in [0.15, 0.2) is 67.3 Å². The summed E-state index contributed by atoms with van der Waals surface area (Å²) in [4.78, 5) is 24.9. The molecule has 12 nitrogen and oxygen atoms in total. The van der Waals surface area contributed by atoms with Crippen LogP contribution in [-0.4, -0.2) is 73.3 Å². The Kier molecular flexibility index (Phi) is 9.83. The number of nitrogen functional groups attached to an aromatic ring is 1. The van der Waals surface area contributed by atoms with Gasteiger partial charge in [-0.15, -0.1) is 0 Å². The fourth-order valence-corrected chi connectivity index (χ4v) is 6.36. The molecule has 1 aliphatic carbocycles. The van der Waals surface area contributed by atoms with E-state index in [0.717, 1.165) is 5.56 Å². The minimum atomic E-state index is -4.29. The SMILES string of the molecule is Nc1ncnc2c1ncn2[C@@H]1O[C@H](C[C@H](CCCNC(=O)Nc2ccc(C3(C(F)(F)F)CC3)cc2)CNCc2ccccc2)[C@H](O)[C@@H]1O. The molecule has 2 fully saturated rings. The number of rotatable bonds is 13. The van der Waals surface area contributed by atoms with E-state index in [9.17, 15) is 28.2 Å². The van der Waals surface area contributed by atoms with Crippen LogP contribution in [0.3, 0.4) is 0 Å². The molecule has 256 valence electrons. The van der Waals surface area contributed by atoms with Crippen molar-refractivity contribution in [3.63, 3.8) is 0 Å². The number of nitrogens with one attached hydrogen (secondary N) is 3. The van der Waals surface area contributed by atoms with Gasteiger partial charge in [0.2, 0.25) is 0 Å². The van der Waals surface area contributed by atoms with Crippen LogP contribution in [0.2, 0.25) is 0 Å². The number of fused-ring (bicyclic) bond motifs is 1. The Morgan fingerprint density at radius 2 is 1.81 bits per heavy atom. The summed E-state index contributed by atoms with van der Waals surface area (Å²) in [5.74, 6) is 0.207. The molecule has 0 unspecified atom stereocenters. The van der Waals surface area contributed by atoms with Crippen LogP contribution in [-0.2, 0) is 16.7 Å². The van der Waals surface area contributed by atoms with Crippen molar-refractivity contribution >= 4 is 28.7 Å². The maximum absolute atomic E-state index is 13.4. The van der Waals surface area contributed by atoms with Gasteiger partial charge in [0.15, 0.2) is 17.7 Å². The van der Waals surface area contributed by atoms with Crippen molar-refractivity contribution in [3.8, 4) is 0 Å². The fraction of sp³-hybridized carbons (Fsp3) is 0.455. The Bertz CT molecular complexity index is 1680. The molecule has 1 aliphatic heterocycles. The van der Waals surface area contributed by atoms with Gasteiger partial charge in [-0.25, -0.2) is 19.7 Å². The van der Waals surface area contributed by atoms with E-state index in [1.54, 1.807) is 4.57 Å². The normalized spacial score (nSPS) is 22.4.